The van der Waals surface area contributed by atoms with Crippen LogP contribution in [0, 0.1) is 18.9 Å². The minimum Gasteiger partial charge on any atom is -0.391 e. The van der Waals surface area contributed by atoms with Gasteiger partial charge in [0.25, 0.3) is 0 Å². The fraction of sp³-hybridized carbons (Fsp3) is 0.375. The fourth-order valence-corrected chi connectivity index (χ4v) is 0.465. The zero-order chi connectivity index (χ0) is 7.98. The number of halogens is 1. The van der Waals surface area contributed by atoms with Crippen LogP contribution in [-0.2, 0) is 0 Å². The van der Waals surface area contributed by atoms with Crippen molar-refractivity contribution in [2.24, 2.45) is 0 Å². The Morgan fingerprint density at radius 3 is 2.27 bits per heavy atom. The number of aryl methyl sites for hydroxylation is 1. The minimum absolute atomic E-state index is 0. The van der Waals surface area contributed by atoms with Crippen molar-refractivity contribution in [3.63, 3.8) is 0 Å². The van der Waals surface area contributed by atoms with Gasteiger partial charge in [-0.2, -0.15) is 0 Å². The van der Waals surface area contributed by atoms with Crippen LogP contribution in [0.25, 0.3) is 0 Å². The first-order chi connectivity index (χ1) is 4.79. The summed E-state index contributed by atoms with van der Waals surface area (Å²) in [6.45, 7) is 5.78. The van der Waals surface area contributed by atoms with Crippen molar-refractivity contribution in [3.8, 4) is 0 Å². The largest absolute Gasteiger partial charge is 1.00 e. The molecule has 1 rings (SSSR count). The molecular formula is C8H11FKN. The SMILES string of the molecule is CC.Cc1cn[c-]c(F)c1.[K+]. The molecule has 3 heteroatoms. The third-order valence-electron chi connectivity index (χ3n) is 0.794. The Balaban J connectivity index is 0. The molecule has 1 aromatic rings. The molecule has 0 radical (unpaired) electrons. The second-order valence-electron chi connectivity index (χ2n) is 1.61. The van der Waals surface area contributed by atoms with E-state index in [9.17, 15) is 4.39 Å². The van der Waals surface area contributed by atoms with Crippen LogP contribution >= 0.6 is 0 Å². The van der Waals surface area contributed by atoms with E-state index < -0.39 is 5.82 Å². The Labute approximate surface area is 110 Å². The summed E-state index contributed by atoms with van der Waals surface area (Å²) >= 11 is 0. The van der Waals surface area contributed by atoms with Gasteiger partial charge in [-0.3, -0.25) is 0 Å². The summed E-state index contributed by atoms with van der Waals surface area (Å²) in [6.07, 6.45) is 3.71. The molecule has 0 aromatic carbocycles. The van der Waals surface area contributed by atoms with Crippen LogP contribution in [0.5, 0.6) is 0 Å². The molecule has 1 aromatic heterocycles. The maximum Gasteiger partial charge on any atom is 1.00 e. The van der Waals surface area contributed by atoms with Crippen LogP contribution < -0.4 is 51.4 Å². The van der Waals surface area contributed by atoms with Crippen molar-refractivity contribution in [2.75, 3.05) is 0 Å². The van der Waals surface area contributed by atoms with Crippen molar-refractivity contribution in [1.82, 2.24) is 4.98 Å². The molecule has 0 aliphatic heterocycles. The Morgan fingerprint density at radius 1 is 1.45 bits per heavy atom. The van der Waals surface area contributed by atoms with Crippen molar-refractivity contribution in [2.45, 2.75) is 20.8 Å². The van der Waals surface area contributed by atoms with E-state index in [1.165, 1.54) is 6.07 Å². The molecule has 0 N–H and O–H groups in total. The van der Waals surface area contributed by atoms with E-state index in [4.69, 9.17) is 0 Å². The van der Waals surface area contributed by atoms with Crippen molar-refractivity contribution >= 4 is 0 Å². The third kappa shape index (κ3) is 7.09. The molecule has 0 amide bonds. The Kier molecular flexibility index (Phi) is 11.4. The molecule has 1 heterocycles. The molecule has 0 atom stereocenters. The first kappa shape index (κ1) is 14.3. The van der Waals surface area contributed by atoms with Gasteiger partial charge in [0.05, 0.1) is 0 Å². The first-order valence-electron chi connectivity index (χ1n) is 3.29. The van der Waals surface area contributed by atoms with Crippen LogP contribution in [0.3, 0.4) is 0 Å². The van der Waals surface area contributed by atoms with Gasteiger partial charge in [0, 0.05) is 5.82 Å². The van der Waals surface area contributed by atoms with Crippen LogP contribution in [0.15, 0.2) is 12.3 Å². The smallest absolute Gasteiger partial charge is 0.391 e. The summed E-state index contributed by atoms with van der Waals surface area (Å²) in [7, 11) is 0. The number of hydrogen-bond acceptors (Lipinski definition) is 1. The molecule has 0 unspecified atom stereocenters. The van der Waals surface area contributed by atoms with Gasteiger partial charge in [0.2, 0.25) is 0 Å². The number of rotatable bonds is 0. The average Bonchev–Trinajstić information content (AvgIpc) is 1.91. The molecule has 0 aliphatic carbocycles. The molecule has 56 valence electrons. The van der Waals surface area contributed by atoms with E-state index in [1.807, 2.05) is 13.8 Å². The molecule has 0 bridgehead atoms. The van der Waals surface area contributed by atoms with Crippen LogP contribution in [-0.4, -0.2) is 4.98 Å². The summed E-state index contributed by atoms with van der Waals surface area (Å²) in [5.41, 5.74) is 0.821. The first-order valence-corrected chi connectivity index (χ1v) is 3.29. The topological polar surface area (TPSA) is 12.9 Å². The van der Waals surface area contributed by atoms with Crippen molar-refractivity contribution in [3.05, 3.63) is 29.8 Å². The normalized spacial score (nSPS) is 7.27. The molecule has 0 saturated heterocycles. The maximum atomic E-state index is 12.0. The van der Waals surface area contributed by atoms with Crippen LogP contribution in [0.1, 0.15) is 19.4 Å². The van der Waals surface area contributed by atoms with Crippen LogP contribution in [0.2, 0.25) is 0 Å². The van der Waals surface area contributed by atoms with E-state index in [0.717, 1.165) is 5.56 Å². The van der Waals surface area contributed by atoms with Gasteiger partial charge in [-0.05, 0) is 6.20 Å². The van der Waals surface area contributed by atoms with E-state index >= 15 is 0 Å². The fourth-order valence-electron chi connectivity index (χ4n) is 0.465. The van der Waals surface area contributed by atoms with Gasteiger partial charge in [-0.25, -0.2) is 4.39 Å². The van der Waals surface area contributed by atoms with E-state index in [-0.39, 0.29) is 51.4 Å². The summed E-state index contributed by atoms with van der Waals surface area (Å²) < 4.78 is 12.0. The second-order valence-corrected chi connectivity index (χ2v) is 1.61. The standard InChI is InChI=1S/C6H5FN.C2H6.K/c1-5-2-6(7)4-8-3-5;1-2;/h2-3H,1H3;1-2H3;/q-1;;+1. The quantitative estimate of drug-likeness (QED) is 0.381. The van der Waals surface area contributed by atoms with Gasteiger partial charge in [0.15, 0.2) is 0 Å². The summed E-state index contributed by atoms with van der Waals surface area (Å²) in [5, 5.41) is 0. The number of aromatic nitrogens is 1. The Bertz CT molecular complexity index is 174. The Morgan fingerprint density at radius 2 is 2.00 bits per heavy atom. The molecule has 11 heavy (non-hydrogen) atoms. The maximum absolute atomic E-state index is 12.0. The predicted octanol–water partition coefficient (Wildman–Crippen LogP) is -0.640. The predicted molar refractivity (Wildman–Crippen MR) is 39.1 cm³/mol. The molecular weight excluding hydrogens is 168 g/mol. The van der Waals surface area contributed by atoms with E-state index in [2.05, 4.69) is 11.2 Å². The second kappa shape index (κ2) is 8.81. The van der Waals surface area contributed by atoms with E-state index in [1.54, 1.807) is 13.1 Å². The van der Waals surface area contributed by atoms with Gasteiger partial charge in [0.1, 0.15) is 0 Å². The molecule has 0 fully saturated rings. The summed E-state index contributed by atoms with van der Waals surface area (Å²) in [5.74, 6) is -0.398. The average molecular weight is 179 g/mol. The van der Waals surface area contributed by atoms with Crippen molar-refractivity contribution < 1.29 is 55.8 Å². The van der Waals surface area contributed by atoms with Gasteiger partial charge in [-0.15, -0.1) is 11.6 Å². The zero-order valence-corrected chi connectivity index (χ0v) is 10.6. The number of hydrogen-bond donors (Lipinski definition) is 0. The van der Waals surface area contributed by atoms with E-state index in [0.29, 0.717) is 0 Å². The number of pyridine rings is 1. The molecule has 0 aliphatic rings. The third-order valence-corrected chi connectivity index (χ3v) is 0.794. The molecule has 1 nitrogen and oxygen atoms in total. The van der Waals surface area contributed by atoms with Crippen molar-refractivity contribution in [1.29, 1.82) is 0 Å². The number of nitrogens with zero attached hydrogens (tertiary/aromatic N) is 1. The van der Waals surface area contributed by atoms with Gasteiger partial charge < -0.3 is 4.98 Å². The Hall–Kier alpha value is 0.716. The zero-order valence-electron chi connectivity index (χ0n) is 7.48. The molecule has 0 saturated carbocycles. The monoisotopic (exact) mass is 179 g/mol. The summed E-state index contributed by atoms with van der Waals surface area (Å²) in [6, 6.07) is 1.38. The van der Waals surface area contributed by atoms with Gasteiger partial charge in [-0.1, -0.05) is 27.0 Å². The van der Waals surface area contributed by atoms with Crippen LogP contribution in [0.4, 0.5) is 4.39 Å². The molecule has 0 spiro atoms. The minimum atomic E-state index is -0.398. The summed E-state index contributed by atoms with van der Waals surface area (Å²) in [4.78, 5) is 3.48. The van der Waals surface area contributed by atoms with Gasteiger partial charge >= 0.3 is 51.4 Å².